The molecule has 0 spiro atoms. The second-order valence-corrected chi connectivity index (χ2v) is 16.6. The number of rotatable bonds is 22. The van der Waals surface area contributed by atoms with Crippen LogP contribution in [0.15, 0.2) is 60.7 Å². The summed E-state index contributed by atoms with van der Waals surface area (Å²) >= 11 is 5.10. The summed E-state index contributed by atoms with van der Waals surface area (Å²) in [7, 11) is 1.00. The van der Waals surface area contributed by atoms with Crippen LogP contribution in [0.25, 0.3) is 0 Å². The second kappa shape index (κ2) is 21.5. The van der Waals surface area contributed by atoms with Crippen molar-refractivity contribution >= 4 is 17.4 Å². The lowest BCUT2D eigenvalue weighted by molar-refractivity contribution is -0.440. The van der Waals surface area contributed by atoms with E-state index in [1.807, 2.05) is 0 Å². The first-order chi connectivity index (χ1) is 33.4. The number of nitrogens with zero attached hydrogens (tertiary/aromatic N) is 1. The average Bonchev–Trinajstić information content (AvgIpc) is 3.29. The molecule has 2 fully saturated rings. The van der Waals surface area contributed by atoms with E-state index in [0.717, 1.165) is 7.11 Å². The van der Waals surface area contributed by atoms with E-state index in [1.165, 1.54) is 48.5 Å². The van der Waals surface area contributed by atoms with Crippen LogP contribution in [0.3, 0.4) is 0 Å². The molecule has 2 saturated heterocycles. The number of halogens is 26. The monoisotopic (exact) mass is 1150 g/mol. The molecular formula is C40H35F26NO6S. The minimum atomic E-state index is -8.34. The maximum atomic E-state index is 14.9. The third-order valence-electron chi connectivity index (χ3n) is 11.2. The number of hydrogen-bond donors (Lipinski definition) is 0. The SMILES string of the molecule is CO[C@H]1O[C@@H]2COC(c3ccccc3)O[C@H]2[C@H](OC(=S)N(CCCC(F)(F)C(F)(F)C(F)(F)C(F)(F)C(F)(F)C(F)(F)F)CCCC(F)(F)C(F)(F)C(F)(F)C(F)(F)C(F)(F)C(F)(F)F)[C@H]1OCc1ccccc1. The van der Waals surface area contributed by atoms with Gasteiger partial charge < -0.3 is 33.3 Å². The van der Waals surface area contributed by atoms with Crippen molar-refractivity contribution in [2.24, 2.45) is 0 Å². The Morgan fingerprint density at radius 3 is 1.35 bits per heavy atom. The van der Waals surface area contributed by atoms with Crippen molar-refractivity contribution < 1.29 is 143 Å². The van der Waals surface area contributed by atoms with Gasteiger partial charge in [-0.15, -0.1) is 0 Å². The molecule has 2 heterocycles. The smallest absolute Gasteiger partial charge is 0.460 e. The molecule has 34 heteroatoms. The predicted octanol–water partition coefficient (Wildman–Crippen LogP) is 13.1. The summed E-state index contributed by atoms with van der Waals surface area (Å²) in [5.74, 6) is -78.8. The van der Waals surface area contributed by atoms with E-state index >= 15 is 0 Å². The number of ether oxygens (including phenoxy) is 6. The Morgan fingerprint density at radius 2 is 0.946 bits per heavy atom. The number of hydrogen-bond acceptors (Lipinski definition) is 7. The van der Waals surface area contributed by atoms with Crippen LogP contribution < -0.4 is 0 Å². The number of alkyl halides is 26. The molecule has 0 radical (unpaired) electrons. The number of benzene rings is 2. The largest absolute Gasteiger partial charge is 0.462 e. The normalized spacial score (nSPS) is 22.6. The van der Waals surface area contributed by atoms with Gasteiger partial charge in [-0.3, -0.25) is 0 Å². The summed E-state index contributed by atoms with van der Waals surface area (Å²) in [6.07, 6.45) is -35.0. The van der Waals surface area contributed by atoms with Crippen molar-refractivity contribution in [3.05, 3.63) is 71.8 Å². The van der Waals surface area contributed by atoms with Crippen molar-refractivity contribution in [3.63, 3.8) is 0 Å². The quantitative estimate of drug-likeness (QED) is 0.0854. The Labute approximate surface area is 404 Å². The zero-order valence-electron chi connectivity index (χ0n) is 36.5. The van der Waals surface area contributed by atoms with Gasteiger partial charge in [-0.25, -0.2) is 0 Å². The minimum Gasteiger partial charge on any atom is -0.462 e. The molecule has 74 heavy (non-hydrogen) atoms. The van der Waals surface area contributed by atoms with E-state index in [4.69, 9.17) is 40.6 Å². The van der Waals surface area contributed by atoms with Gasteiger partial charge in [0.2, 0.25) is 0 Å². The molecule has 6 atom stereocenters. The highest BCUT2D eigenvalue weighted by atomic mass is 32.1. The lowest BCUT2D eigenvalue weighted by Crippen LogP contribution is -2.70. The van der Waals surface area contributed by atoms with E-state index in [-0.39, 0.29) is 10.5 Å². The van der Waals surface area contributed by atoms with Gasteiger partial charge in [0.15, 0.2) is 18.7 Å². The molecular weight excluding hydrogens is 1120 g/mol. The van der Waals surface area contributed by atoms with Crippen LogP contribution >= 0.6 is 12.2 Å². The van der Waals surface area contributed by atoms with Crippen molar-refractivity contribution in [2.45, 2.75) is 141 Å². The van der Waals surface area contributed by atoms with E-state index in [0.29, 0.717) is 5.56 Å². The molecule has 0 aromatic heterocycles. The van der Waals surface area contributed by atoms with Crippen molar-refractivity contribution in [1.82, 2.24) is 4.90 Å². The zero-order chi connectivity index (χ0) is 56.7. The number of methoxy groups -OCH3 is 1. The Balaban J connectivity index is 1.74. The van der Waals surface area contributed by atoms with Gasteiger partial charge in [-0.1, -0.05) is 60.7 Å². The van der Waals surface area contributed by atoms with Crippen LogP contribution in [0, 0.1) is 0 Å². The van der Waals surface area contributed by atoms with Gasteiger partial charge >= 0.3 is 71.6 Å². The number of fused-ring (bicyclic) bond motifs is 1. The van der Waals surface area contributed by atoms with Crippen molar-refractivity contribution in [3.8, 4) is 0 Å². The first-order valence-corrected chi connectivity index (χ1v) is 20.9. The molecule has 0 aliphatic carbocycles. The maximum absolute atomic E-state index is 14.9. The lowest BCUT2D eigenvalue weighted by atomic mass is 9.91. The summed E-state index contributed by atoms with van der Waals surface area (Å²) in [5, 5.41) is -1.39. The van der Waals surface area contributed by atoms with Crippen LogP contribution in [-0.4, -0.2) is 139 Å². The Bertz CT molecular complexity index is 2080. The molecule has 0 bridgehead atoms. The fourth-order valence-corrected chi connectivity index (χ4v) is 7.27. The molecule has 0 saturated carbocycles. The average molecular weight is 1150 g/mol. The van der Waals surface area contributed by atoms with Crippen molar-refractivity contribution in [1.29, 1.82) is 0 Å². The van der Waals surface area contributed by atoms with E-state index in [2.05, 4.69) is 0 Å². The molecule has 1 unspecified atom stereocenters. The molecule has 424 valence electrons. The van der Waals surface area contributed by atoms with Crippen LogP contribution in [0.1, 0.15) is 43.1 Å². The van der Waals surface area contributed by atoms with Gasteiger partial charge in [0, 0.05) is 38.6 Å². The fourth-order valence-electron chi connectivity index (χ4n) is 6.98. The third kappa shape index (κ3) is 11.4. The maximum Gasteiger partial charge on any atom is 0.460 e. The summed E-state index contributed by atoms with van der Waals surface area (Å²) in [6, 6.07) is 15.0. The Hall–Kier alpha value is -3.89. The molecule has 2 aromatic rings. The summed E-state index contributed by atoms with van der Waals surface area (Å²) < 4.78 is 395. The van der Waals surface area contributed by atoms with Gasteiger partial charge in [0.25, 0.3) is 5.17 Å². The molecule has 2 aliphatic heterocycles. The Morgan fingerprint density at radius 1 is 0.541 bits per heavy atom. The van der Waals surface area contributed by atoms with Crippen LogP contribution in [0.2, 0.25) is 0 Å². The molecule has 0 amide bonds. The van der Waals surface area contributed by atoms with E-state index in [1.54, 1.807) is 12.1 Å². The standard InChI is InChI=1S/C40H35F26NO6S/c1-68-27-25(69-18-20-10-4-2-5-11-20)24(23-22(71-27)19-70-26(72-23)21-12-6-3-7-13-21)73-28(74)67(16-8-14-29(41,42)31(45,46)33(49,50)35(53,54)37(57,58)39(61,62)63)17-9-15-30(43,44)32(47,48)34(51,52)36(55,56)38(59,60)40(64,65)66/h2-7,10-13,22-27H,8-9,14-19H2,1H3/t22-,23-,24+,25-,26?,27+/m1/s1. The van der Waals surface area contributed by atoms with Crippen LogP contribution in [-0.2, 0) is 35.0 Å². The van der Waals surface area contributed by atoms with Crippen molar-refractivity contribution in [2.75, 3.05) is 26.8 Å². The molecule has 2 aliphatic rings. The number of thiocarbonyl (C=S) groups is 1. The highest BCUT2D eigenvalue weighted by Gasteiger charge is 2.92. The highest BCUT2D eigenvalue weighted by molar-refractivity contribution is 7.80. The molecule has 4 rings (SSSR count). The second-order valence-electron chi connectivity index (χ2n) is 16.3. The summed E-state index contributed by atoms with van der Waals surface area (Å²) in [6.45, 7) is -4.34. The molecule has 2 aromatic carbocycles. The minimum absolute atomic E-state index is 0.0125. The van der Waals surface area contributed by atoms with Gasteiger partial charge in [-0.05, 0) is 30.6 Å². The Kier molecular flexibility index (Phi) is 18.2. The third-order valence-corrected chi connectivity index (χ3v) is 11.6. The first kappa shape index (κ1) is 62.6. The van der Waals surface area contributed by atoms with Gasteiger partial charge in [-0.2, -0.15) is 114 Å². The van der Waals surface area contributed by atoms with Gasteiger partial charge in [0.05, 0.1) is 13.2 Å². The molecule has 0 N–H and O–H groups in total. The fraction of sp³-hybridized carbons (Fsp3) is 0.675. The summed E-state index contributed by atoms with van der Waals surface area (Å²) in [5.41, 5.74) is 0.657. The predicted molar refractivity (Wildman–Crippen MR) is 200 cm³/mol. The van der Waals surface area contributed by atoms with Crippen LogP contribution in [0.5, 0.6) is 0 Å². The first-order valence-electron chi connectivity index (χ1n) is 20.5. The summed E-state index contributed by atoms with van der Waals surface area (Å²) in [4.78, 5) is -0.0125. The molecule has 7 nitrogen and oxygen atoms in total. The van der Waals surface area contributed by atoms with E-state index < -0.39 is 166 Å². The zero-order valence-corrected chi connectivity index (χ0v) is 37.3. The highest BCUT2D eigenvalue weighted by Crippen LogP contribution is 2.62. The lowest BCUT2D eigenvalue weighted by Gasteiger charge is -2.49. The topological polar surface area (TPSA) is 58.6 Å². The van der Waals surface area contributed by atoms with Gasteiger partial charge in [0.1, 0.15) is 18.3 Å². The van der Waals surface area contributed by atoms with E-state index in [9.17, 15) is 114 Å². The van der Waals surface area contributed by atoms with Crippen LogP contribution in [0.4, 0.5) is 114 Å².